The summed E-state index contributed by atoms with van der Waals surface area (Å²) < 4.78 is 5.14. The van der Waals surface area contributed by atoms with Gasteiger partial charge in [-0.1, -0.05) is 0 Å². The van der Waals surface area contributed by atoms with Crippen molar-refractivity contribution < 1.29 is 14.3 Å². The second-order valence-corrected chi connectivity index (χ2v) is 5.12. The molecule has 1 saturated heterocycles. The van der Waals surface area contributed by atoms with Crippen LogP contribution in [0.25, 0.3) is 0 Å². The van der Waals surface area contributed by atoms with Crippen molar-refractivity contribution in [2.75, 3.05) is 18.1 Å². The van der Waals surface area contributed by atoms with Crippen LogP contribution < -0.4 is 5.32 Å². The summed E-state index contributed by atoms with van der Waals surface area (Å²) in [5.74, 6) is 2.98. The maximum atomic E-state index is 10.6. The molecule has 0 saturated carbocycles. The molecule has 16 heavy (non-hydrogen) atoms. The molecule has 0 radical (unpaired) electrons. The van der Waals surface area contributed by atoms with Crippen molar-refractivity contribution >= 4 is 17.7 Å². The van der Waals surface area contributed by atoms with Crippen molar-refractivity contribution in [2.45, 2.75) is 13.0 Å². The molecular weight excluding hydrogens is 226 g/mol. The molecule has 1 atom stereocenters. The normalized spacial score (nSPS) is 20.1. The largest absolute Gasteiger partial charge is 0.478 e. The van der Waals surface area contributed by atoms with Crippen LogP contribution in [0.4, 0.5) is 0 Å². The highest BCUT2D eigenvalue weighted by Crippen LogP contribution is 2.22. The summed E-state index contributed by atoms with van der Waals surface area (Å²) in [6, 6.07) is 1.57. The molecule has 1 aromatic heterocycles. The van der Waals surface area contributed by atoms with Crippen molar-refractivity contribution in [3.05, 3.63) is 23.7 Å². The number of aromatic carboxylic acids is 1. The minimum absolute atomic E-state index is 0.216. The molecule has 4 nitrogen and oxygen atoms in total. The first-order valence-electron chi connectivity index (χ1n) is 5.35. The number of nitrogens with one attached hydrogen (secondary N) is 1. The van der Waals surface area contributed by atoms with E-state index in [0.717, 1.165) is 12.5 Å². The van der Waals surface area contributed by atoms with E-state index in [-0.39, 0.29) is 5.56 Å². The SMILES string of the molecule is O=C(O)c1coc(CNCC2CCSC2)c1. The van der Waals surface area contributed by atoms with Gasteiger partial charge in [0.15, 0.2) is 0 Å². The van der Waals surface area contributed by atoms with Gasteiger partial charge in [-0.2, -0.15) is 11.8 Å². The Labute approximate surface area is 98.4 Å². The standard InChI is InChI=1S/C11H15NO3S/c13-11(14)9-3-10(15-6-9)5-12-4-8-1-2-16-7-8/h3,6,8,12H,1-2,4-5,7H2,(H,13,14). The summed E-state index contributed by atoms with van der Waals surface area (Å²) >= 11 is 2.00. The number of hydrogen-bond acceptors (Lipinski definition) is 4. The van der Waals surface area contributed by atoms with Gasteiger partial charge in [0, 0.05) is 0 Å². The van der Waals surface area contributed by atoms with Crippen molar-refractivity contribution in [1.82, 2.24) is 5.32 Å². The summed E-state index contributed by atoms with van der Waals surface area (Å²) in [6.45, 7) is 1.59. The van der Waals surface area contributed by atoms with Gasteiger partial charge in [-0.05, 0) is 36.5 Å². The zero-order valence-electron chi connectivity index (χ0n) is 8.94. The molecule has 0 amide bonds. The van der Waals surface area contributed by atoms with Crippen LogP contribution in [0.5, 0.6) is 0 Å². The van der Waals surface area contributed by atoms with Crippen molar-refractivity contribution in [2.24, 2.45) is 5.92 Å². The molecule has 2 rings (SSSR count). The van der Waals surface area contributed by atoms with Crippen LogP contribution in [-0.2, 0) is 6.54 Å². The van der Waals surface area contributed by atoms with Gasteiger partial charge in [-0.25, -0.2) is 4.79 Å². The molecule has 1 aliphatic heterocycles. The molecule has 0 spiro atoms. The van der Waals surface area contributed by atoms with E-state index in [1.165, 1.54) is 24.2 Å². The fraction of sp³-hybridized carbons (Fsp3) is 0.545. The zero-order valence-corrected chi connectivity index (χ0v) is 9.76. The highest BCUT2D eigenvalue weighted by Gasteiger charge is 2.15. The third-order valence-electron chi connectivity index (χ3n) is 2.66. The Bertz CT molecular complexity index is 358. The number of carboxylic acids is 1. The van der Waals surface area contributed by atoms with Crippen LogP contribution >= 0.6 is 11.8 Å². The molecular formula is C11H15NO3S. The minimum Gasteiger partial charge on any atom is -0.478 e. The van der Waals surface area contributed by atoms with Gasteiger partial charge < -0.3 is 14.8 Å². The molecule has 5 heteroatoms. The topological polar surface area (TPSA) is 62.5 Å². The van der Waals surface area contributed by atoms with Crippen LogP contribution in [0.1, 0.15) is 22.5 Å². The van der Waals surface area contributed by atoms with Crippen LogP contribution in [0.3, 0.4) is 0 Å². The lowest BCUT2D eigenvalue weighted by Gasteiger charge is -2.08. The molecule has 1 aromatic rings. The van der Waals surface area contributed by atoms with Gasteiger partial charge in [-0.15, -0.1) is 0 Å². The average Bonchev–Trinajstić information content (AvgIpc) is 2.87. The summed E-state index contributed by atoms with van der Waals surface area (Å²) in [7, 11) is 0. The maximum Gasteiger partial charge on any atom is 0.338 e. The van der Waals surface area contributed by atoms with E-state index in [1.54, 1.807) is 6.07 Å². The lowest BCUT2D eigenvalue weighted by molar-refractivity contribution is 0.0696. The Balaban J connectivity index is 1.74. The van der Waals surface area contributed by atoms with Gasteiger partial charge in [0.2, 0.25) is 0 Å². The predicted molar refractivity (Wildman–Crippen MR) is 62.8 cm³/mol. The van der Waals surface area contributed by atoms with E-state index in [0.29, 0.717) is 12.3 Å². The predicted octanol–water partition coefficient (Wildman–Crippen LogP) is 1.82. The highest BCUT2D eigenvalue weighted by atomic mass is 32.2. The van der Waals surface area contributed by atoms with E-state index >= 15 is 0 Å². The highest BCUT2D eigenvalue weighted by molar-refractivity contribution is 7.99. The average molecular weight is 241 g/mol. The summed E-state index contributed by atoms with van der Waals surface area (Å²) in [5.41, 5.74) is 0.216. The number of thioether (sulfide) groups is 1. The van der Waals surface area contributed by atoms with E-state index in [2.05, 4.69) is 5.32 Å². The third-order valence-corrected chi connectivity index (χ3v) is 3.89. The van der Waals surface area contributed by atoms with Crippen molar-refractivity contribution in [3.8, 4) is 0 Å². The van der Waals surface area contributed by atoms with E-state index in [9.17, 15) is 4.79 Å². The quantitative estimate of drug-likeness (QED) is 0.823. The Hall–Kier alpha value is -0.940. The Morgan fingerprint density at radius 3 is 3.19 bits per heavy atom. The second-order valence-electron chi connectivity index (χ2n) is 3.97. The fourth-order valence-electron chi connectivity index (χ4n) is 1.73. The maximum absolute atomic E-state index is 10.6. The van der Waals surface area contributed by atoms with Crippen molar-refractivity contribution in [1.29, 1.82) is 0 Å². The van der Waals surface area contributed by atoms with E-state index < -0.39 is 5.97 Å². The third kappa shape index (κ3) is 3.02. The van der Waals surface area contributed by atoms with E-state index in [4.69, 9.17) is 9.52 Å². The van der Waals surface area contributed by atoms with Gasteiger partial charge >= 0.3 is 5.97 Å². The monoisotopic (exact) mass is 241 g/mol. The summed E-state index contributed by atoms with van der Waals surface area (Å²) in [5, 5.41) is 12.0. The molecule has 0 aliphatic carbocycles. The summed E-state index contributed by atoms with van der Waals surface area (Å²) in [6.07, 6.45) is 2.56. The number of rotatable bonds is 5. The number of furan rings is 1. The first-order chi connectivity index (χ1) is 7.75. The lowest BCUT2D eigenvalue weighted by Crippen LogP contribution is -2.21. The van der Waals surface area contributed by atoms with Gasteiger partial charge in [0.05, 0.1) is 12.1 Å². The fourth-order valence-corrected chi connectivity index (χ4v) is 3.01. The number of carbonyl (C=O) groups is 1. The van der Waals surface area contributed by atoms with Gasteiger partial charge in [0.1, 0.15) is 12.0 Å². The Morgan fingerprint density at radius 2 is 2.56 bits per heavy atom. The minimum atomic E-state index is -0.942. The van der Waals surface area contributed by atoms with Crippen LogP contribution in [0, 0.1) is 5.92 Å². The molecule has 2 N–H and O–H groups in total. The van der Waals surface area contributed by atoms with Crippen LogP contribution in [-0.4, -0.2) is 29.1 Å². The first-order valence-corrected chi connectivity index (χ1v) is 6.50. The van der Waals surface area contributed by atoms with Crippen molar-refractivity contribution in [3.63, 3.8) is 0 Å². The second kappa shape index (κ2) is 5.41. The smallest absolute Gasteiger partial charge is 0.338 e. The van der Waals surface area contributed by atoms with Crippen LogP contribution in [0.15, 0.2) is 16.7 Å². The molecule has 1 aliphatic rings. The van der Waals surface area contributed by atoms with Gasteiger partial charge in [-0.3, -0.25) is 0 Å². The molecule has 1 unspecified atom stereocenters. The van der Waals surface area contributed by atoms with Gasteiger partial charge in [0.25, 0.3) is 0 Å². The lowest BCUT2D eigenvalue weighted by atomic mass is 10.1. The Morgan fingerprint density at radius 1 is 1.69 bits per heavy atom. The molecule has 2 heterocycles. The first kappa shape index (κ1) is 11.5. The molecule has 0 bridgehead atoms. The molecule has 88 valence electrons. The zero-order chi connectivity index (χ0) is 11.4. The van der Waals surface area contributed by atoms with E-state index in [1.807, 2.05) is 11.8 Å². The Kier molecular flexibility index (Phi) is 3.90. The molecule has 1 fully saturated rings. The van der Waals surface area contributed by atoms with Crippen LogP contribution in [0.2, 0.25) is 0 Å². The molecule has 0 aromatic carbocycles. The number of hydrogen-bond donors (Lipinski definition) is 2. The summed E-state index contributed by atoms with van der Waals surface area (Å²) in [4.78, 5) is 10.6. The number of carboxylic acid groups (broad SMARTS) is 1.